The first-order valence-corrected chi connectivity index (χ1v) is 9.22. The first-order chi connectivity index (χ1) is 14.0. The molecule has 0 aromatic heterocycles. The SMILES string of the molecule is COc1cccc(/C=C/C(=O)Nc2ccc(NC(=O)c3ccccc3)c(Cl)c2)c1. The highest BCUT2D eigenvalue weighted by molar-refractivity contribution is 6.34. The van der Waals surface area contributed by atoms with E-state index in [0.717, 1.165) is 5.56 Å². The largest absolute Gasteiger partial charge is 0.497 e. The molecular weight excluding hydrogens is 388 g/mol. The molecule has 0 spiro atoms. The summed E-state index contributed by atoms with van der Waals surface area (Å²) in [5, 5.41) is 5.82. The fourth-order valence-corrected chi connectivity index (χ4v) is 2.81. The van der Waals surface area contributed by atoms with Crippen LogP contribution in [0.25, 0.3) is 6.08 Å². The summed E-state index contributed by atoms with van der Waals surface area (Å²) in [7, 11) is 1.59. The molecule has 0 bridgehead atoms. The molecule has 3 rings (SSSR count). The van der Waals surface area contributed by atoms with Crippen molar-refractivity contribution in [3.63, 3.8) is 0 Å². The molecule has 0 unspecified atom stereocenters. The Morgan fingerprint density at radius 2 is 1.72 bits per heavy atom. The number of nitrogens with one attached hydrogen (secondary N) is 2. The van der Waals surface area contributed by atoms with Crippen LogP contribution in [-0.4, -0.2) is 18.9 Å². The Bertz CT molecular complexity index is 1050. The number of hydrogen-bond donors (Lipinski definition) is 2. The van der Waals surface area contributed by atoms with Gasteiger partial charge in [0, 0.05) is 17.3 Å². The summed E-state index contributed by atoms with van der Waals surface area (Å²) in [6.45, 7) is 0. The predicted molar refractivity (Wildman–Crippen MR) is 117 cm³/mol. The molecule has 0 aliphatic heterocycles. The van der Waals surface area contributed by atoms with Crippen molar-refractivity contribution in [2.24, 2.45) is 0 Å². The Morgan fingerprint density at radius 3 is 2.45 bits per heavy atom. The third kappa shape index (κ3) is 5.70. The van der Waals surface area contributed by atoms with Crippen LogP contribution in [0.15, 0.2) is 78.9 Å². The second kappa shape index (κ2) is 9.57. The minimum Gasteiger partial charge on any atom is -0.497 e. The van der Waals surface area contributed by atoms with E-state index in [1.807, 2.05) is 30.3 Å². The van der Waals surface area contributed by atoms with Crippen LogP contribution in [0.4, 0.5) is 11.4 Å². The van der Waals surface area contributed by atoms with Gasteiger partial charge >= 0.3 is 0 Å². The predicted octanol–water partition coefficient (Wildman–Crippen LogP) is 5.25. The van der Waals surface area contributed by atoms with E-state index in [-0.39, 0.29) is 11.8 Å². The lowest BCUT2D eigenvalue weighted by Gasteiger charge is -2.09. The van der Waals surface area contributed by atoms with Gasteiger partial charge < -0.3 is 15.4 Å². The molecule has 6 heteroatoms. The Hall–Kier alpha value is -3.57. The Kier molecular flexibility index (Phi) is 6.66. The van der Waals surface area contributed by atoms with Gasteiger partial charge in [0.1, 0.15) is 5.75 Å². The molecular formula is C23H19ClN2O3. The Labute approximate surface area is 174 Å². The molecule has 29 heavy (non-hydrogen) atoms. The number of methoxy groups -OCH3 is 1. The third-order valence-electron chi connectivity index (χ3n) is 4.04. The molecule has 2 amide bonds. The van der Waals surface area contributed by atoms with E-state index in [1.165, 1.54) is 6.08 Å². The van der Waals surface area contributed by atoms with Crippen molar-refractivity contribution in [3.8, 4) is 5.75 Å². The van der Waals surface area contributed by atoms with Crippen LogP contribution in [0.1, 0.15) is 15.9 Å². The van der Waals surface area contributed by atoms with E-state index in [2.05, 4.69) is 10.6 Å². The van der Waals surface area contributed by atoms with Gasteiger partial charge in [0.15, 0.2) is 0 Å². The lowest BCUT2D eigenvalue weighted by atomic mass is 10.2. The van der Waals surface area contributed by atoms with Crippen molar-refractivity contribution < 1.29 is 14.3 Å². The van der Waals surface area contributed by atoms with Gasteiger partial charge in [-0.15, -0.1) is 0 Å². The van der Waals surface area contributed by atoms with Crippen molar-refractivity contribution >= 4 is 40.9 Å². The molecule has 2 N–H and O–H groups in total. The van der Waals surface area contributed by atoms with Gasteiger partial charge in [-0.2, -0.15) is 0 Å². The van der Waals surface area contributed by atoms with Gasteiger partial charge in [0.25, 0.3) is 5.91 Å². The Balaban J connectivity index is 1.63. The summed E-state index contributed by atoms with van der Waals surface area (Å²) in [5.41, 5.74) is 2.36. The third-order valence-corrected chi connectivity index (χ3v) is 4.35. The standard InChI is InChI=1S/C23H19ClN2O3/c1-29-19-9-5-6-16(14-19)10-13-22(27)25-18-11-12-21(20(24)15-18)26-23(28)17-7-3-2-4-8-17/h2-15H,1H3,(H,25,27)(H,26,28)/b13-10+. The maximum Gasteiger partial charge on any atom is 0.255 e. The lowest BCUT2D eigenvalue weighted by Crippen LogP contribution is -2.12. The van der Waals surface area contributed by atoms with Crippen LogP contribution in [-0.2, 0) is 4.79 Å². The molecule has 3 aromatic carbocycles. The molecule has 0 aliphatic rings. The first kappa shape index (κ1) is 20.2. The quantitative estimate of drug-likeness (QED) is 0.549. The van der Waals surface area contributed by atoms with Crippen LogP contribution in [0.5, 0.6) is 5.75 Å². The number of carbonyl (C=O) groups is 2. The smallest absolute Gasteiger partial charge is 0.255 e. The second-order valence-corrected chi connectivity index (χ2v) is 6.52. The van der Waals surface area contributed by atoms with E-state index in [1.54, 1.807) is 55.7 Å². The maximum absolute atomic E-state index is 12.2. The summed E-state index contributed by atoms with van der Waals surface area (Å²) < 4.78 is 5.16. The molecule has 3 aromatic rings. The van der Waals surface area contributed by atoms with E-state index >= 15 is 0 Å². The van der Waals surface area contributed by atoms with Crippen LogP contribution in [0.2, 0.25) is 5.02 Å². The van der Waals surface area contributed by atoms with Crippen LogP contribution in [0, 0.1) is 0 Å². The van der Waals surface area contributed by atoms with E-state index in [4.69, 9.17) is 16.3 Å². The molecule has 0 radical (unpaired) electrons. The zero-order chi connectivity index (χ0) is 20.6. The van der Waals surface area contributed by atoms with Crippen molar-refractivity contribution in [3.05, 3.63) is 95.0 Å². The fraction of sp³-hybridized carbons (Fsp3) is 0.0435. The highest BCUT2D eigenvalue weighted by atomic mass is 35.5. The van der Waals surface area contributed by atoms with Gasteiger partial charge in [0.2, 0.25) is 5.91 Å². The zero-order valence-corrected chi connectivity index (χ0v) is 16.4. The highest BCUT2D eigenvalue weighted by Gasteiger charge is 2.09. The topological polar surface area (TPSA) is 67.4 Å². The van der Waals surface area contributed by atoms with Crippen molar-refractivity contribution in [2.75, 3.05) is 17.7 Å². The number of rotatable bonds is 6. The minimum absolute atomic E-state index is 0.259. The number of hydrogen-bond acceptors (Lipinski definition) is 3. The lowest BCUT2D eigenvalue weighted by molar-refractivity contribution is -0.111. The number of ether oxygens (including phenoxy) is 1. The number of halogens is 1. The number of amides is 2. The summed E-state index contributed by atoms with van der Waals surface area (Å²) in [5.74, 6) is 0.156. The number of carbonyl (C=O) groups excluding carboxylic acids is 2. The second-order valence-electron chi connectivity index (χ2n) is 6.11. The van der Waals surface area contributed by atoms with E-state index in [0.29, 0.717) is 27.7 Å². The average Bonchev–Trinajstić information content (AvgIpc) is 2.75. The number of benzene rings is 3. The molecule has 0 heterocycles. The van der Waals surface area contributed by atoms with Crippen molar-refractivity contribution in [1.29, 1.82) is 0 Å². The highest BCUT2D eigenvalue weighted by Crippen LogP contribution is 2.26. The molecule has 0 atom stereocenters. The van der Waals surface area contributed by atoms with Crippen molar-refractivity contribution in [2.45, 2.75) is 0 Å². The van der Waals surface area contributed by atoms with Gasteiger partial charge in [-0.05, 0) is 54.1 Å². The first-order valence-electron chi connectivity index (χ1n) is 8.84. The molecule has 146 valence electrons. The average molecular weight is 407 g/mol. The maximum atomic E-state index is 12.2. The molecule has 0 saturated heterocycles. The minimum atomic E-state index is -0.301. The van der Waals surface area contributed by atoms with Gasteiger partial charge in [-0.1, -0.05) is 41.9 Å². The normalized spacial score (nSPS) is 10.6. The molecule has 0 aliphatic carbocycles. The van der Waals surface area contributed by atoms with Gasteiger partial charge in [-0.3, -0.25) is 9.59 Å². The van der Waals surface area contributed by atoms with Crippen LogP contribution < -0.4 is 15.4 Å². The Morgan fingerprint density at radius 1 is 0.931 bits per heavy atom. The van der Waals surface area contributed by atoms with Crippen LogP contribution >= 0.6 is 11.6 Å². The number of anilines is 2. The molecule has 0 saturated carbocycles. The zero-order valence-electron chi connectivity index (χ0n) is 15.7. The van der Waals surface area contributed by atoms with Crippen LogP contribution in [0.3, 0.4) is 0 Å². The monoisotopic (exact) mass is 406 g/mol. The summed E-state index contributed by atoms with van der Waals surface area (Å²) in [6, 6.07) is 21.1. The van der Waals surface area contributed by atoms with Gasteiger partial charge in [0.05, 0.1) is 17.8 Å². The van der Waals surface area contributed by atoms with E-state index in [9.17, 15) is 9.59 Å². The molecule has 5 nitrogen and oxygen atoms in total. The summed E-state index contributed by atoms with van der Waals surface area (Å²) >= 11 is 6.25. The molecule has 0 fully saturated rings. The van der Waals surface area contributed by atoms with Crippen molar-refractivity contribution in [1.82, 2.24) is 0 Å². The van der Waals surface area contributed by atoms with E-state index < -0.39 is 0 Å². The van der Waals surface area contributed by atoms with Gasteiger partial charge in [-0.25, -0.2) is 0 Å². The summed E-state index contributed by atoms with van der Waals surface area (Å²) in [4.78, 5) is 24.4. The summed E-state index contributed by atoms with van der Waals surface area (Å²) in [6.07, 6.45) is 3.11. The fourth-order valence-electron chi connectivity index (χ4n) is 2.58.